The molecule has 0 aromatic rings. The van der Waals surface area contributed by atoms with Crippen LogP contribution in [0.1, 0.15) is 110 Å². The van der Waals surface area contributed by atoms with Crippen molar-refractivity contribution >= 4 is 5.97 Å². The number of carboxylic acids is 1. The number of nitrogens with one attached hydrogen (secondary N) is 1. The molecular formula is C21H41NO2. The summed E-state index contributed by atoms with van der Waals surface area (Å²) in [4.78, 5) is 10.5. The zero-order valence-electron chi connectivity index (χ0n) is 16.1. The van der Waals surface area contributed by atoms with Gasteiger partial charge in [0.1, 0.15) is 5.70 Å². The van der Waals surface area contributed by atoms with E-state index in [-0.39, 0.29) is 5.70 Å². The number of hydrogen-bond acceptors (Lipinski definition) is 2. The fourth-order valence-corrected chi connectivity index (χ4v) is 2.99. The van der Waals surface area contributed by atoms with E-state index in [4.69, 9.17) is 5.11 Å². The smallest absolute Gasteiger partial charge is 0.351 e. The van der Waals surface area contributed by atoms with Crippen molar-refractivity contribution in [2.45, 2.75) is 110 Å². The van der Waals surface area contributed by atoms with Crippen molar-refractivity contribution in [2.24, 2.45) is 0 Å². The standard InChI is InChI=1S/C21H41NO2/c1-3-4-5-6-7-8-9-10-11-12-13-14-15-16-17-18-19-22-20(2)21(23)24/h22H,2-19H2,1H3,(H,23,24). The summed E-state index contributed by atoms with van der Waals surface area (Å²) in [6.07, 6.45) is 21.7. The minimum absolute atomic E-state index is 0.107. The molecule has 0 rings (SSSR count). The Bertz CT molecular complexity index is 302. The lowest BCUT2D eigenvalue weighted by Gasteiger charge is -2.05. The highest BCUT2D eigenvalue weighted by Gasteiger charge is 2.01. The zero-order chi connectivity index (χ0) is 17.9. The summed E-state index contributed by atoms with van der Waals surface area (Å²) in [6, 6.07) is 0. The summed E-state index contributed by atoms with van der Waals surface area (Å²) in [5.74, 6) is -0.952. The van der Waals surface area contributed by atoms with Gasteiger partial charge in [-0.2, -0.15) is 0 Å². The third kappa shape index (κ3) is 17.4. The van der Waals surface area contributed by atoms with Gasteiger partial charge in [-0.05, 0) is 6.42 Å². The number of unbranched alkanes of at least 4 members (excludes halogenated alkanes) is 15. The van der Waals surface area contributed by atoms with Gasteiger partial charge in [0.2, 0.25) is 0 Å². The lowest BCUT2D eigenvalue weighted by atomic mass is 10.0. The maximum atomic E-state index is 10.5. The molecule has 0 aromatic carbocycles. The summed E-state index contributed by atoms with van der Waals surface area (Å²) >= 11 is 0. The van der Waals surface area contributed by atoms with E-state index in [0.29, 0.717) is 0 Å². The average Bonchev–Trinajstić information content (AvgIpc) is 2.57. The van der Waals surface area contributed by atoms with Crippen LogP contribution < -0.4 is 5.32 Å². The second-order valence-electron chi connectivity index (χ2n) is 7.01. The molecule has 0 aliphatic rings. The summed E-state index contributed by atoms with van der Waals surface area (Å²) in [5, 5.41) is 11.5. The topological polar surface area (TPSA) is 49.3 Å². The molecule has 0 unspecified atom stereocenters. The first-order valence-electron chi connectivity index (χ1n) is 10.3. The van der Waals surface area contributed by atoms with Crippen LogP contribution in [0, 0.1) is 0 Å². The summed E-state index contributed by atoms with van der Waals surface area (Å²) < 4.78 is 0. The molecule has 0 spiro atoms. The molecule has 0 aromatic heterocycles. The number of carboxylic acid groups (broad SMARTS) is 1. The van der Waals surface area contributed by atoms with E-state index in [1.54, 1.807) is 0 Å². The minimum Gasteiger partial charge on any atom is -0.477 e. The molecule has 0 saturated heterocycles. The molecule has 0 amide bonds. The van der Waals surface area contributed by atoms with Crippen molar-refractivity contribution in [1.82, 2.24) is 5.32 Å². The van der Waals surface area contributed by atoms with Crippen LogP contribution in [-0.2, 0) is 4.79 Å². The van der Waals surface area contributed by atoms with Crippen molar-refractivity contribution in [3.8, 4) is 0 Å². The quantitative estimate of drug-likeness (QED) is 0.210. The zero-order valence-corrected chi connectivity index (χ0v) is 16.1. The van der Waals surface area contributed by atoms with E-state index >= 15 is 0 Å². The number of carbonyl (C=O) groups is 1. The molecule has 0 heterocycles. The van der Waals surface area contributed by atoms with Crippen molar-refractivity contribution in [2.75, 3.05) is 6.54 Å². The van der Waals surface area contributed by atoms with E-state index in [0.717, 1.165) is 13.0 Å². The molecular weight excluding hydrogens is 298 g/mol. The highest BCUT2D eigenvalue weighted by molar-refractivity contribution is 5.84. The monoisotopic (exact) mass is 339 g/mol. The summed E-state index contributed by atoms with van der Waals surface area (Å²) in [5.41, 5.74) is 0.107. The first-order chi connectivity index (χ1) is 11.7. The fraction of sp³-hybridized carbons (Fsp3) is 0.857. The molecule has 0 radical (unpaired) electrons. The van der Waals surface area contributed by atoms with Gasteiger partial charge in [0.05, 0.1) is 0 Å². The molecule has 3 nitrogen and oxygen atoms in total. The predicted octanol–water partition coefficient (Wildman–Crippen LogP) is 6.44. The lowest BCUT2D eigenvalue weighted by molar-refractivity contribution is -0.133. The van der Waals surface area contributed by atoms with Crippen LogP contribution in [0.5, 0.6) is 0 Å². The van der Waals surface area contributed by atoms with Crippen LogP contribution in [0.2, 0.25) is 0 Å². The van der Waals surface area contributed by atoms with Crippen molar-refractivity contribution in [3.63, 3.8) is 0 Å². The van der Waals surface area contributed by atoms with E-state index in [1.807, 2.05) is 0 Å². The Morgan fingerprint density at radius 3 is 1.38 bits per heavy atom. The van der Waals surface area contributed by atoms with E-state index in [1.165, 1.54) is 96.3 Å². The van der Waals surface area contributed by atoms with Crippen molar-refractivity contribution in [1.29, 1.82) is 0 Å². The van der Waals surface area contributed by atoms with Gasteiger partial charge in [-0.15, -0.1) is 0 Å². The second-order valence-corrected chi connectivity index (χ2v) is 7.01. The first kappa shape index (κ1) is 23.0. The molecule has 0 bridgehead atoms. The van der Waals surface area contributed by atoms with Gasteiger partial charge in [-0.1, -0.05) is 110 Å². The minimum atomic E-state index is -0.952. The first-order valence-corrected chi connectivity index (χ1v) is 10.3. The summed E-state index contributed by atoms with van der Waals surface area (Å²) in [6.45, 7) is 6.45. The number of aliphatic carboxylic acids is 1. The van der Waals surface area contributed by atoms with Crippen LogP contribution in [-0.4, -0.2) is 17.6 Å². The van der Waals surface area contributed by atoms with Crippen LogP contribution in [0.15, 0.2) is 12.3 Å². The van der Waals surface area contributed by atoms with Gasteiger partial charge in [0.25, 0.3) is 0 Å². The molecule has 24 heavy (non-hydrogen) atoms. The molecule has 142 valence electrons. The molecule has 2 N–H and O–H groups in total. The van der Waals surface area contributed by atoms with Crippen LogP contribution in [0.3, 0.4) is 0 Å². The molecule has 0 saturated carbocycles. The Kier molecular flexibility index (Phi) is 17.6. The largest absolute Gasteiger partial charge is 0.477 e. The number of rotatable bonds is 19. The normalized spacial score (nSPS) is 10.7. The maximum absolute atomic E-state index is 10.5. The SMILES string of the molecule is C=C(NCCCCCCCCCCCCCCCCCC)C(=O)O. The average molecular weight is 340 g/mol. The molecule has 0 aliphatic carbocycles. The lowest BCUT2D eigenvalue weighted by Crippen LogP contribution is -2.20. The molecule has 0 aliphatic heterocycles. The fourth-order valence-electron chi connectivity index (χ4n) is 2.99. The van der Waals surface area contributed by atoms with Gasteiger partial charge in [-0.25, -0.2) is 4.79 Å². The second kappa shape index (κ2) is 18.4. The van der Waals surface area contributed by atoms with Crippen LogP contribution >= 0.6 is 0 Å². The van der Waals surface area contributed by atoms with Gasteiger partial charge < -0.3 is 10.4 Å². The van der Waals surface area contributed by atoms with Gasteiger partial charge in [0.15, 0.2) is 0 Å². The van der Waals surface area contributed by atoms with E-state index < -0.39 is 5.97 Å². The van der Waals surface area contributed by atoms with E-state index in [9.17, 15) is 4.79 Å². The Hall–Kier alpha value is -0.990. The van der Waals surface area contributed by atoms with E-state index in [2.05, 4.69) is 18.8 Å². The predicted molar refractivity (Wildman–Crippen MR) is 104 cm³/mol. The van der Waals surface area contributed by atoms with Crippen molar-refractivity contribution in [3.05, 3.63) is 12.3 Å². The van der Waals surface area contributed by atoms with Crippen molar-refractivity contribution < 1.29 is 9.90 Å². The van der Waals surface area contributed by atoms with Gasteiger partial charge >= 0.3 is 5.97 Å². The highest BCUT2D eigenvalue weighted by Crippen LogP contribution is 2.13. The number of hydrogen-bond donors (Lipinski definition) is 2. The molecule has 0 fully saturated rings. The third-order valence-corrected chi connectivity index (χ3v) is 4.63. The Morgan fingerprint density at radius 2 is 1.04 bits per heavy atom. The Morgan fingerprint density at radius 1 is 0.708 bits per heavy atom. The Balaban J connectivity index is 3.05. The summed E-state index contributed by atoms with van der Waals surface area (Å²) in [7, 11) is 0. The molecule has 0 atom stereocenters. The molecule has 3 heteroatoms. The maximum Gasteiger partial charge on any atom is 0.351 e. The van der Waals surface area contributed by atoms with Crippen LogP contribution in [0.4, 0.5) is 0 Å². The Labute approximate surface area is 150 Å². The van der Waals surface area contributed by atoms with Gasteiger partial charge in [0, 0.05) is 6.54 Å². The third-order valence-electron chi connectivity index (χ3n) is 4.63. The highest BCUT2D eigenvalue weighted by atomic mass is 16.4. The van der Waals surface area contributed by atoms with Gasteiger partial charge in [-0.3, -0.25) is 0 Å². The van der Waals surface area contributed by atoms with Crippen LogP contribution in [0.25, 0.3) is 0 Å².